The average Bonchev–Trinajstić information content (AvgIpc) is 3.27. The summed E-state index contributed by atoms with van der Waals surface area (Å²) in [5, 5.41) is 20.4. The zero-order chi connectivity index (χ0) is 21.0. The number of anilines is 1. The van der Waals surface area contributed by atoms with E-state index in [0.29, 0.717) is 29.5 Å². The highest BCUT2D eigenvalue weighted by molar-refractivity contribution is 9.10. The van der Waals surface area contributed by atoms with Gasteiger partial charge in [-0.25, -0.2) is 0 Å². The van der Waals surface area contributed by atoms with Gasteiger partial charge in [-0.2, -0.15) is 14.3 Å². The zero-order valence-corrected chi connectivity index (χ0v) is 18.1. The summed E-state index contributed by atoms with van der Waals surface area (Å²) in [5.74, 6) is 2.44. The van der Waals surface area contributed by atoms with Crippen molar-refractivity contribution in [3.05, 3.63) is 57.4 Å². The Morgan fingerprint density at radius 3 is 2.77 bits per heavy atom. The van der Waals surface area contributed by atoms with E-state index in [1.807, 2.05) is 44.2 Å². The number of fused-ring (bicyclic) bond motifs is 2. The van der Waals surface area contributed by atoms with Crippen LogP contribution in [0.2, 0.25) is 0 Å². The SMILES string of the molecule is COc1ccc([C@H]2CC(=O)Nc3c2c(C)nn3-c2ccc3nnc(C)n3n2)cc1Br. The van der Waals surface area contributed by atoms with Gasteiger partial charge in [0.15, 0.2) is 17.3 Å². The molecule has 0 unspecified atom stereocenters. The van der Waals surface area contributed by atoms with E-state index in [-0.39, 0.29) is 11.8 Å². The minimum Gasteiger partial charge on any atom is -0.496 e. The van der Waals surface area contributed by atoms with E-state index >= 15 is 0 Å². The molecule has 0 bridgehead atoms. The molecule has 1 amide bonds. The van der Waals surface area contributed by atoms with Crippen molar-refractivity contribution < 1.29 is 9.53 Å². The molecule has 0 saturated heterocycles. The highest BCUT2D eigenvalue weighted by Crippen LogP contribution is 2.41. The number of halogens is 1. The van der Waals surface area contributed by atoms with Crippen LogP contribution in [0.4, 0.5) is 5.82 Å². The quantitative estimate of drug-likeness (QED) is 0.496. The van der Waals surface area contributed by atoms with E-state index in [4.69, 9.17) is 9.84 Å². The summed E-state index contributed by atoms with van der Waals surface area (Å²) in [6.45, 7) is 3.78. The highest BCUT2D eigenvalue weighted by atomic mass is 79.9. The van der Waals surface area contributed by atoms with Gasteiger partial charge in [-0.15, -0.1) is 15.3 Å². The summed E-state index contributed by atoms with van der Waals surface area (Å²) >= 11 is 3.54. The Bertz CT molecular complexity index is 1310. The minimum absolute atomic E-state index is 0.0675. The molecule has 10 heteroatoms. The van der Waals surface area contributed by atoms with Gasteiger partial charge in [-0.05, 0) is 59.6 Å². The second kappa shape index (κ2) is 6.91. The molecule has 0 radical (unpaired) electrons. The van der Waals surface area contributed by atoms with Crippen LogP contribution in [0, 0.1) is 13.8 Å². The van der Waals surface area contributed by atoms with Gasteiger partial charge in [0.1, 0.15) is 11.6 Å². The Balaban J connectivity index is 1.66. The van der Waals surface area contributed by atoms with Gasteiger partial charge in [0.05, 0.1) is 17.3 Å². The lowest BCUT2D eigenvalue weighted by Gasteiger charge is -2.24. The van der Waals surface area contributed by atoms with Crippen LogP contribution in [0.3, 0.4) is 0 Å². The van der Waals surface area contributed by atoms with E-state index in [1.165, 1.54) is 0 Å². The lowest BCUT2D eigenvalue weighted by Crippen LogP contribution is -2.25. The molecule has 1 N–H and O–H groups in total. The molecule has 5 rings (SSSR count). The maximum Gasteiger partial charge on any atom is 0.226 e. The van der Waals surface area contributed by atoms with Crippen molar-refractivity contribution in [1.29, 1.82) is 0 Å². The topological polar surface area (TPSA) is 99.2 Å². The Labute approximate surface area is 180 Å². The highest BCUT2D eigenvalue weighted by Gasteiger charge is 2.33. The predicted molar refractivity (Wildman–Crippen MR) is 113 cm³/mol. The van der Waals surface area contributed by atoms with Gasteiger partial charge in [0.25, 0.3) is 0 Å². The molecule has 1 aromatic carbocycles. The molecule has 9 nitrogen and oxygen atoms in total. The maximum atomic E-state index is 12.6. The second-order valence-corrected chi connectivity index (χ2v) is 8.02. The van der Waals surface area contributed by atoms with E-state index in [0.717, 1.165) is 27.0 Å². The molecule has 1 atom stereocenters. The van der Waals surface area contributed by atoms with E-state index in [2.05, 4.69) is 36.5 Å². The molecule has 152 valence electrons. The smallest absolute Gasteiger partial charge is 0.226 e. The Kier molecular flexibility index (Phi) is 4.31. The average molecular weight is 468 g/mol. The predicted octanol–water partition coefficient (Wildman–Crippen LogP) is 3.17. The summed E-state index contributed by atoms with van der Waals surface area (Å²) in [7, 11) is 1.63. The van der Waals surface area contributed by atoms with Crippen molar-refractivity contribution in [2.24, 2.45) is 0 Å². The normalized spacial score (nSPS) is 15.9. The third kappa shape index (κ3) is 2.86. The third-order valence-electron chi connectivity index (χ3n) is 5.30. The number of ether oxygens (including phenoxy) is 1. The summed E-state index contributed by atoms with van der Waals surface area (Å²) in [6.07, 6.45) is 0.343. The van der Waals surface area contributed by atoms with Crippen molar-refractivity contribution in [3.63, 3.8) is 0 Å². The number of hydrogen-bond donors (Lipinski definition) is 1. The first kappa shape index (κ1) is 18.7. The van der Waals surface area contributed by atoms with Crippen LogP contribution in [0.25, 0.3) is 11.5 Å². The molecule has 4 heterocycles. The fraction of sp³-hybridized carbons (Fsp3) is 0.250. The first-order valence-electron chi connectivity index (χ1n) is 9.38. The van der Waals surface area contributed by atoms with Crippen LogP contribution in [0.15, 0.2) is 34.8 Å². The van der Waals surface area contributed by atoms with E-state index in [1.54, 1.807) is 16.3 Å². The van der Waals surface area contributed by atoms with E-state index in [9.17, 15) is 4.79 Å². The fourth-order valence-electron chi connectivity index (χ4n) is 3.90. The monoisotopic (exact) mass is 467 g/mol. The number of amides is 1. The first-order valence-corrected chi connectivity index (χ1v) is 10.2. The molecule has 1 aliphatic rings. The minimum atomic E-state index is -0.120. The second-order valence-electron chi connectivity index (χ2n) is 7.17. The lowest BCUT2D eigenvalue weighted by molar-refractivity contribution is -0.116. The number of benzene rings is 1. The van der Waals surface area contributed by atoms with E-state index < -0.39 is 0 Å². The van der Waals surface area contributed by atoms with Crippen molar-refractivity contribution >= 4 is 33.3 Å². The van der Waals surface area contributed by atoms with Crippen LogP contribution < -0.4 is 10.1 Å². The molecule has 1 aliphatic heterocycles. The van der Waals surface area contributed by atoms with Gasteiger partial charge < -0.3 is 10.1 Å². The first-order chi connectivity index (χ1) is 14.5. The number of carbonyl (C=O) groups is 1. The van der Waals surface area contributed by atoms with Crippen molar-refractivity contribution in [2.45, 2.75) is 26.2 Å². The third-order valence-corrected chi connectivity index (χ3v) is 5.92. The number of rotatable bonds is 3. The fourth-order valence-corrected chi connectivity index (χ4v) is 4.45. The van der Waals surface area contributed by atoms with Crippen molar-refractivity contribution in [3.8, 4) is 11.6 Å². The number of aromatic nitrogens is 6. The molecule has 0 fully saturated rings. The molecule has 0 aliphatic carbocycles. The van der Waals surface area contributed by atoms with Crippen LogP contribution in [-0.4, -0.2) is 42.6 Å². The summed E-state index contributed by atoms with van der Waals surface area (Å²) in [4.78, 5) is 12.6. The molecule has 4 aromatic rings. The number of aryl methyl sites for hydroxylation is 2. The van der Waals surface area contributed by atoms with Gasteiger partial charge in [0.2, 0.25) is 5.91 Å². The largest absolute Gasteiger partial charge is 0.496 e. The molecule has 0 spiro atoms. The number of nitrogens with one attached hydrogen (secondary N) is 1. The van der Waals surface area contributed by atoms with Crippen molar-refractivity contribution in [2.75, 3.05) is 12.4 Å². The summed E-state index contributed by atoms with van der Waals surface area (Å²) in [5.41, 5.74) is 3.48. The zero-order valence-electron chi connectivity index (χ0n) is 16.5. The maximum absolute atomic E-state index is 12.6. The number of methoxy groups -OCH3 is 1. The summed E-state index contributed by atoms with van der Waals surface area (Å²) < 4.78 is 9.51. The standard InChI is InChI=1S/C20H18BrN7O2/c1-10-19-13(12-4-5-15(30-3)14(21)8-12)9-18(29)22-20(19)28(25-10)17-7-6-16-24-23-11(2)27(16)26-17/h4-8,13H,9H2,1-3H3,(H,22,29)/t13-/m1/s1. The van der Waals surface area contributed by atoms with Gasteiger partial charge >= 0.3 is 0 Å². The number of carbonyl (C=O) groups excluding carboxylic acids is 1. The molecule has 30 heavy (non-hydrogen) atoms. The Hall–Kier alpha value is -3.27. The van der Waals surface area contributed by atoms with Crippen LogP contribution >= 0.6 is 15.9 Å². The molecular weight excluding hydrogens is 450 g/mol. The van der Waals surface area contributed by atoms with Gasteiger partial charge in [-0.1, -0.05) is 6.07 Å². The molecule has 3 aromatic heterocycles. The van der Waals surface area contributed by atoms with Crippen LogP contribution in [0.1, 0.15) is 35.0 Å². The number of nitrogens with zero attached hydrogens (tertiary/aromatic N) is 6. The Morgan fingerprint density at radius 2 is 2.00 bits per heavy atom. The van der Waals surface area contributed by atoms with Crippen LogP contribution in [-0.2, 0) is 4.79 Å². The molecule has 0 saturated carbocycles. The Morgan fingerprint density at radius 1 is 1.17 bits per heavy atom. The van der Waals surface area contributed by atoms with Gasteiger partial charge in [0, 0.05) is 17.9 Å². The van der Waals surface area contributed by atoms with Crippen LogP contribution in [0.5, 0.6) is 5.75 Å². The number of hydrogen-bond acceptors (Lipinski definition) is 6. The van der Waals surface area contributed by atoms with Gasteiger partial charge in [-0.3, -0.25) is 4.79 Å². The summed E-state index contributed by atoms with van der Waals surface area (Å²) in [6, 6.07) is 9.52. The molecular formula is C20H18BrN7O2. The lowest BCUT2D eigenvalue weighted by atomic mass is 9.86. The van der Waals surface area contributed by atoms with Crippen molar-refractivity contribution in [1.82, 2.24) is 29.6 Å².